The second-order valence-corrected chi connectivity index (χ2v) is 4.84. The molecule has 0 aliphatic carbocycles. The number of hydrogen-bond acceptors (Lipinski definition) is 2. The van der Waals surface area contributed by atoms with Crippen LogP contribution in [0.3, 0.4) is 0 Å². The average Bonchev–Trinajstić information content (AvgIpc) is 2.80. The molecule has 0 fully saturated rings. The normalized spacial score (nSPS) is 12.7. The summed E-state index contributed by atoms with van der Waals surface area (Å²) in [5, 5.41) is 11.2. The number of halogens is 2. The lowest BCUT2D eigenvalue weighted by Crippen LogP contribution is -2.08. The van der Waals surface area contributed by atoms with Crippen molar-refractivity contribution in [2.24, 2.45) is 0 Å². The van der Waals surface area contributed by atoms with Crippen LogP contribution in [-0.2, 0) is 6.54 Å². The molecule has 0 aliphatic rings. The van der Waals surface area contributed by atoms with Crippen molar-refractivity contribution >= 4 is 23.2 Å². The molecule has 0 amide bonds. The Hall–Kier alpha value is -1.03. The highest BCUT2D eigenvalue weighted by atomic mass is 35.5. The maximum atomic E-state index is 10.4. The molecule has 1 N–H and O–H groups in total. The van der Waals surface area contributed by atoms with Crippen LogP contribution < -0.4 is 0 Å². The first-order valence-electron chi connectivity index (χ1n) is 5.77. The summed E-state index contributed by atoms with van der Waals surface area (Å²) in [5.74, 6) is 0. The Kier molecular flexibility index (Phi) is 4.27. The molecule has 1 unspecified atom stereocenters. The van der Waals surface area contributed by atoms with E-state index in [1.165, 1.54) is 0 Å². The van der Waals surface area contributed by atoms with E-state index in [0.717, 1.165) is 18.7 Å². The molecule has 0 radical (unpaired) electrons. The van der Waals surface area contributed by atoms with Crippen molar-refractivity contribution < 1.29 is 5.11 Å². The van der Waals surface area contributed by atoms with Gasteiger partial charge < -0.3 is 9.67 Å². The van der Waals surface area contributed by atoms with E-state index in [2.05, 4.69) is 11.9 Å². The first-order valence-corrected chi connectivity index (χ1v) is 6.52. The van der Waals surface area contributed by atoms with Crippen LogP contribution in [0, 0.1) is 0 Å². The highest BCUT2D eigenvalue weighted by Gasteiger charge is 2.18. The van der Waals surface area contributed by atoms with E-state index >= 15 is 0 Å². The first-order chi connectivity index (χ1) is 8.65. The fourth-order valence-electron chi connectivity index (χ4n) is 1.88. The predicted octanol–water partition coefficient (Wildman–Crippen LogP) is 3.68. The van der Waals surface area contributed by atoms with Crippen LogP contribution in [-0.4, -0.2) is 14.7 Å². The molecule has 0 bridgehead atoms. The van der Waals surface area contributed by atoms with Crippen LogP contribution in [0.25, 0.3) is 0 Å². The van der Waals surface area contributed by atoms with Gasteiger partial charge in [0.05, 0.1) is 28.3 Å². The quantitative estimate of drug-likeness (QED) is 0.930. The molecule has 2 rings (SSSR count). The van der Waals surface area contributed by atoms with Crippen LogP contribution in [0.5, 0.6) is 0 Å². The number of imidazole rings is 1. The van der Waals surface area contributed by atoms with Gasteiger partial charge in [0.25, 0.3) is 0 Å². The fourth-order valence-corrected chi connectivity index (χ4v) is 2.29. The van der Waals surface area contributed by atoms with E-state index in [1.54, 1.807) is 30.7 Å². The Morgan fingerprint density at radius 1 is 1.39 bits per heavy atom. The first kappa shape index (κ1) is 13.4. The molecular weight excluding hydrogens is 271 g/mol. The number of aromatic nitrogens is 2. The fraction of sp³-hybridized carbons (Fsp3) is 0.308. The highest BCUT2D eigenvalue weighted by Crippen LogP contribution is 2.32. The zero-order valence-electron chi connectivity index (χ0n) is 9.98. The van der Waals surface area contributed by atoms with Crippen LogP contribution in [0.2, 0.25) is 10.0 Å². The van der Waals surface area contributed by atoms with Gasteiger partial charge in [-0.2, -0.15) is 0 Å². The average molecular weight is 285 g/mol. The molecule has 0 saturated heterocycles. The minimum atomic E-state index is -0.815. The number of hydrogen-bond donors (Lipinski definition) is 1. The van der Waals surface area contributed by atoms with Crippen molar-refractivity contribution in [1.29, 1.82) is 0 Å². The maximum absolute atomic E-state index is 10.4. The Morgan fingerprint density at radius 2 is 2.17 bits per heavy atom. The zero-order valence-corrected chi connectivity index (χ0v) is 11.5. The molecule has 0 saturated carbocycles. The third-order valence-corrected chi connectivity index (χ3v) is 3.60. The molecule has 3 nitrogen and oxygen atoms in total. The summed E-state index contributed by atoms with van der Waals surface area (Å²) < 4.78 is 1.92. The van der Waals surface area contributed by atoms with Crippen molar-refractivity contribution in [1.82, 2.24) is 9.55 Å². The van der Waals surface area contributed by atoms with Crippen molar-refractivity contribution in [3.63, 3.8) is 0 Å². The predicted molar refractivity (Wildman–Crippen MR) is 73.0 cm³/mol. The van der Waals surface area contributed by atoms with Gasteiger partial charge in [-0.15, -0.1) is 0 Å². The minimum absolute atomic E-state index is 0.385. The molecule has 0 spiro atoms. The van der Waals surface area contributed by atoms with Gasteiger partial charge in [0, 0.05) is 12.1 Å². The van der Waals surface area contributed by atoms with Gasteiger partial charge in [-0.3, -0.25) is 0 Å². The van der Waals surface area contributed by atoms with Gasteiger partial charge in [-0.25, -0.2) is 4.98 Å². The summed E-state index contributed by atoms with van der Waals surface area (Å²) in [6.45, 7) is 2.88. The summed E-state index contributed by atoms with van der Waals surface area (Å²) in [6, 6.07) is 5.24. The van der Waals surface area contributed by atoms with Crippen LogP contribution in [0.1, 0.15) is 30.7 Å². The van der Waals surface area contributed by atoms with Gasteiger partial charge in [0.2, 0.25) is 0 Å². The number of aryl methyl sites for hydroxylation is 1. The molecular formula is C13H14Cl2N2O. The van der Waals surface area contributed by atoms with Gasteiger partial charge in [-0.1, -0.05) is 42.3 Å². The summed E-state index contributed by atoms with van der Waals surface area (Å²) in [7, 11) is 0. The van der Waals surface area contributed by atoms with E-state index in [4.69, 9.17) is 23.2 Å². The molecule has 2 aromatic rings. The lowest BCUT2D eigenvalue weighted by Gasteiger charge is -2.15. The Labute approximate surface area is 116 Å². The standard InChI is InChI=1S/C13H14Cl2N2O/c1-2-6-17-8-16-7-11(17)13(18)9-4-3-5-10(14)12(9)15/h3-5,7-8,13,18H,2,6H2,1H3. The number of rotatable bonds is 4. The number of nitrogens with zero attached hydrogens (tertiary/aromatic N) is 2. The van der Waals surface area contributed by atoms with Gasteiger partial charge in [-0.05, 0) is 12.5 Å². The number of aliphatic hydroxyl groups is 1. The molecule has 96 valence electrons. The van der Waals surface area contributed by atoms with Crippen molar-refractivity contribution in [2.45, 2.75) is 26.0 Å². The Morgan fingerprint density at radius 3 is 2.89 bits per heavy atom. The SMILES string of the molecule is CCCn1cncc1C(O)c1cccc(Cl)c1Cl. The summed E-state index contributed by atoms with van der Waals surface area (Å²) in [5.41, 5.74) is 1.32. The van der Waals surface area contributed by atoms with Crippen LogP contribution >= 0.6 is 23.2 Å². The molecule has 1 atom stereocenters. The van der Waals surface area contributed by atoms with Gasteiger partial charge >= 0.3 is 0 Å². The second-order valence-electron chi connectivity index (χ2n) is 4.06. The monoisotopic (exact) mass is 284 g/mol. The molecule has 1 heterocycles. The van der Waals surface area contributed by atoms with E-state index in [9.17, 15) is 5.11 Å². The third-order valence-electron chi connectivity index (χ3n) is 2.77. The number of aliphatic hydroxyl groups excluding tert-OH is 1. The van der Waals surface area contributed by atoms with E-state index < -0.39 is 6.10 Å². The molecule has 0 aliphatic heterocycles. The van der Waals surface area contributed by atoms with E-state index in [-0.39, 0.29) is 0 Å². The van der Waals surface area contributed by atoms with Crippen LogP contribution in [0.4, 0.5) is 0 Å². The lowest BCUT2D eigenvalue weighted by molar-refractivity contribution is 0.210. The molecule has 18 heavy (non-hydrogen) atoms. The zero-order chi connectivity index (χ0) is 13.1. The maximum Gasteiger partial charge on any atom is 0.122 e. The summed E-state index contributed by atoms with van der Waals surface area (Å²) in [6.07, 6.45) is 3.52. The highest BCUT2D eigenvalue weighted by molar-refractivity contribution is 6.42. The lowest BCUT2D eigenvalue weighted by atomic mass is 10.1. The number of benzene rings is 1. The van der Waals surface area contributed by atoms with Crippen molar-refractivity contribution in [3.8, 4) is 0 Å². The smallest absolute Gasteiger partial charge is 0.122 e. The van der Waals surface area contributed by atoms with Gasteiger partial charge in [0.1, 0.15) is 6.10 Å². The Bertz CT molecular complexity index is 540. The largest absolute Gasteiger partial charge is 0.382 e. The molecule has 1 aromatic carbocycles. The topological polar surface area (TPSA) is 38.0 Å². The minimum Gasteiger partial charge on any atom is -0.382 e. The van der Waals surface area contributed by atoms with Gasteiger partial charge in [0.15, 0.2) is 0 Å². The summed E-state index contributed by atoms with van der Waals surface area (Å²) >= 11 is 12.1. The van der Waals surface area contributed by atoms with Crippen molar-refractivity contribution in [3.05, 3.63) is 52.0 Å². The molecule has 5 heteroatoms. The second kappa shape index (κ2) is 5.74. The van der Waals surface area contributed by atoms with E-state index in [1.807, 2.05) is 4.57 Å². The molecule has 1 aromatic heterocycles. The van der Waals surface area contributed by atoms with Crippen LogP contribution in [0.15, 0.2) is 30.7 Å². The van der Waals surface area contributed by atoms with Crippen molar-refractivity contribution in [2.75, 3.05) is 0 Å². The summed E-state index contributed by atoms with van der Waals surface area (Å²) in [4.78, 5) is 4.07. The Balaban J connectivity index is 2.38. The van der Waals surface area contributed by atoms with E-state index in [0.29, 0.717) is 15.6 Å². The third kappa shape index (κ3) is 2.53.